The van der Waals surface area contributed by atoms with Crippen molar-refractivity contribution < 1.29 is 4.42 Å². The number of hydrogen-bond acceptors (Lipinski definition) is 5. The zero-order valence-corrected chi connectivity index (χ0v) is 29.6. The Hall–Kier alpha value is -6.95. The van der Waals surface area contributed by atoms with Gasteiger partial charge in [-0.2, -0.15) is 0 Å². The van der Waals surface area contributed by atoms with E-state index in [1.807, 2.05) is 18.2 Å². The van der Waals surface area contributed by atoms with Gasteiger partial charge in [-0.15, -0.1) is 11.3 Å². The molecule has 1 aliphatic carbocycles. The number of hydrogen-bond donors (Lipinski definition) is 0. The van der Waals surface area contributed by atoms with Gasteiger partial charge in [0.15, 0.2) is 17.5 Å². The summed E-state index contributed by atoms with van der Waals surface area (Å²) in [6, 6.07) is 57.8. The Bertz CT molecular complexity index is 3360. The van der Waals surface area contributed by atoms with Gasteiger partial charge in [0.25, 0.3) is 0 Å². The highest BCUT2D eigenvalue weighted by atomic mass is 32.1. The summed E-state index contributed by atoms with van der Waals surface area (Å²) in [5, 5.41) is 7.04. The molecule has 3 heterocycles. The fourth-order valence-electron chi connectivity index (χ4n) is 8.50. The van der Waals surface area contributed by atoms with E-state index < -0.39 is 0 Å². The van der Waals surface area contributed by atoms with Crippen molar-refractivity contribution in [1.29, 1.82) is 0 Å². The van der Waals surface area contributed by atoms with Crippen molar-refractivity contribution >= 4 is 64.2 Å². The van der Waals surface area contributed by atoms with E-state index in [9.17, 15) is 0 Å². The first-order chi connectivity index (χ1) is 26.7. The maximum Gasteiger partial charge on any atom is 0.164 e. The van der Waals surface area contributed by atoms with Gasteiger partial charge >= 0.3 is 0 Å². The third-order valence-corrected chi connectivity index (χ3v) is 12.0. The van der Waals surface area contributed by atoms with E-state index >= 15 is 0 Å². The molecule has 0 bridgehead atoms. The summed E-state index contributed by atoms with van der Waals surface area (Å²) >= 11 is 1.80. The number of fused-ring (bicyclic) bond motifs is 9. The summed E-state index contributed by atoms with van der Waals surface area (Å²) in [6.07, 6.45) is 0. The van der Waals surface area contributed by atoms with Crippen LogP contribution in [0.4, 0.5) is 0 Å². The molecule has 0 fully saturated rings. The predicted molar refractivity (Wildman–Crippen MR) is 224 cm³/mol. The van der Waals surface area contributed by atoms with E-state index in [0.29, 0.717) is 17.5 Å². The second kappa shape index (κ2) is 11.3. The standard InChI is InChI=1S/C49H27N3OS/c1-2-15-34-33(14-1)35-19-8-12-29-26-31(27-39(34)44(29)35)48-50-47(51-49(52-48)38-20-10-24-43-46(38)37-17-4-6-23-42(37)54-43)30-13-7-11-28(25-30)32-18-9-22-41-45(32)36-16-3-5-21-40(36)53-41/h1-27H. The molecule has 11 aromatic rings. The van der Waals surface area contributed by atoms with Crippen molar-refractivity contribution in [3.8, 4) is 67.5 Å². The topological polar surface area (TPSA) is 51.8 Å². The highest BCUT2D eigenvalue weighted by Crippen LogP contribution is 2.49. The SMILES string of the molecule is c1cc(-c2nc(-c3cc4c5c(cccc5c3)-c3ccccc3-4)nc(-c3cccc4sc5ccccc5c34)n2)cc(-c2cccc3oc4ccccc4c23)c1. The molecule has 0 saturated carbocycles. The minimum absolute atomic E-state index is 0.628. The van der Waals surface area contributed by atoms with Crippen LogP contribution in [0.25, 0.3) is 120 Å². The summed E-state index contributed by atoms with van der Waals surface area (Å²) in [7, 11) is 0. The van der Waals surface area contributed by atoms with Gasteiger partial charge in [0.2, 0.25) is 0 Å². The van der Waals surface area contributed by atoms with Gasteiger partial charge in [0.1, 0.15) is 11.2 Å². The lowest BCUT2D eigenvalue weighted by Crippen LogP contribution is -2.01. The number of aromatic nitrogens is 3. The molecule has 4 nitrogen and oxygen atoms in total. The quantitative estimate of drug-likeness (QED) is 0.183. The van der Waals surface area contributed by atoms with E-state index in [2.05, 4.69) is 146 Å². The van der Waals surface area contributed by atoms with Crippen LogP contribution in [-0.4, -0.2) is 15.0 Å². The van der Waals surface area contributed by atoms with Gasteiger partial charge in [0.05, 0.1) is 0 Å². The van der Waals surface area contributed by atoms with E-state index in [1.165, 1.54) is 53.2 Å². The number of nitrogens with zero attached hydrogens (tertiary/aromatic N) is 3. The van der Waals surface area contributed by atoms with Crippen LogP contribution in [0.5, 0.6) is 0 Å². The van der Waals surface area contributed by atoms with Crippen molar-refractivity contribution in [2.24, 2.45) is 0 Å². The second-order valence-corrected chi connectivity index (χ2v) is 15.0. The van der Waals surface area contributed by atoms with E-state index in [0.717, 1.165) is 49.8 Å². The summed E-state index contributed by atoms with van der Waals surface area (Å²) in [6.45, 7) is 0. The number of benzene rings is 8. The van der Waals surface area contributed by atoms with Gasteiger partial charge in [-0.3, -0.25) is 0 Å². The molecule has 0 N–H and O–H groups in total. The maximum absolute atomic E-state index is 6.26. The molecule has 0 saturated heterocycles. The van der Waals surface area contributed by atoms with Gasteiger partial charge in [-0.1, -0.05) is 121 Å². The van der Waals surface area contributed by atoms with Gasteiger partial charge in [-0.05, 0) is 86.6 Å². The van der Waals surface area contributed by atoms with Crippen molar-refractivity contribution in [2.75, 3.05) is 0 Å². The summed E-state index contributed by atoms with van der Waals surface area (Å²) in [5.74, 6) is 1.93. The molecule has 54 heavy (non-hydrogen) atoms. The van der Waals surface area contributed by atoms with Gasteiger partial charge < -0.3 is 4.42 Å². The molecule has 0 unspecified atom stereocenters. The average Bonchev–Trinajstić information content (AvgIpc) is 3.91. The molecule has 0 spiro atoms. The molecule has 0 radical (unpaired) electrons. The van der Waals surface area contributed by atoms with Crippen LogP contribution in [0.2, 0.25) is 0 Å². The Morgan fingerprint density at radius 3 is 1.91 bits per heavy atom. The number of rotatable bonds is 4. The van der Waals surface area contributed by atoms with Crippen LogP contribution in [0.1, 0.15) is 0 Å². The van der Waals surface area contributed by atoms with Crippen LogP contribution >= 0.6 is 11.3 Å². The van der Waals surface area contributed by atoms with Crippen LogP contribution in [0, 0.1) is 0 Å². The molecule has 3 aromatic heterocycles. The Morgan fingerprint density at radius 2 is 0.981 bits per heavy atom. The lowest BCUT2D eigenvalue weighted by Gasteiger charge is -2.12. The molecule has 250 valence electrons. The zero-order valence-electron chi connectivity index (χ0n) is 28.7. The first-order valence-electron chi connectivity index (χ1n) is 18.1. The van der Waals surface area contributed by atoms with Crippen molar-refractivity contribution in [3.63, 3.8) is 0 Å². The number of thiophene rings is 1. The van der Waals surface area contributed by atoms with Gasteiger partial charge in [0, 0.05) is 47.6 Å². The third kappa shape index (κ3) is 4.33. The summed E-state index contributed by atoms with van der Waals surface area (Å²) in [5.41, 5.74) is 11.8. The normalized spacial score (nSPS) is 12.1. The predicted octanol–water partition coefficient (Wildman–Crippen LogP) is 13.6. The van der Waals surface area contributed by atoms with E-state index in [-0.39, 0.29) is 0 Å². The molecular formula is C49H27N3OS. The second-order valence-electron chi connectivity index (χ2n) is 13.9. The monoisotopic (exact) mass is 705 g/mol. The molecule has 1 aliphatic rings. The largest absolute Gasteiger partial charge is 0.456 e. The first kappa shape index (κ1) is 29.6. The highest BCUT2D eigenvalue weighted by Gasteiger charge is 2.24. The van der Waals surface area contributed by atoms with Crippen molar-refractivity contribution in [2.45, 2.75) is 0 Å². The summed E-state index contributed by atoms with van der Waals surface area (Å²) in [4.78, 5) is 15.9. The molecule has 0 amide bonds. The zero-order chi connectivity index (χ0) is 35.3. The summed E-state index contributed by atoms with van der Waals surface area (Å²) < 4.78 is 8.72. The number of para-hydroxylation sites is 1. The van der Waals surface area contributed by atoms with Crippen LogP contribution < -0.4 is 0 Å². The maximum atomic E-state index is 6.26. The minimum Gasteiger partial charge on any atom is -0.456 e. The molecule has 8 aromatic carbocycles. The van der Waals surface area contributed by atoms with Gasteiger partial charge in [-0.25, -0.2) is 15.0 Å². The molecule has 5 heteroatoms. The Morgan fingerprint density at radius 1 is 0.352 bits per heavy atom. The lowest BCUT2D eigenvalue weighted by atomic mass is 9.97. The minimum atomic E-state index is 0.628. The molecule has 0 atom stereocenters. The molecule has 12 rings (SSSR count). The third-order valence-electron chi connectivity index (χ3n) is 10.9. The van der Waals surface area contributed by atoms with Crippen molar-refractivity contribution in [1.82, 2.24) is 15.0 Å². The Kier molecular flexibility index (Phi) is 6.18. The highest BCUT2D eigenvalue weighted by molar-refractivity contribution is 7.25. The fraction of sp³-hybridized carbons (Fsp3) is 0. The Labute approximate surface area is 313 Å². The fourth-order valence-corrected chi connectivity index (χ4v) is 9.64. The average molecular weight is 706 g/mol. The van der Waals surface area contributed by atoms with E-state index in [4.69, 9.17) is 19.4 Å². The van der Waals surface area contributed by atoms with Crippen LogP contribution in [0.15, 0.2) is 168 Å². The lowest BCUT2D eigenvalue weighted by molar-refractivity contribution is 0.669. The smallest absolute Gasteiger partial charge is 0.164 e. The Balaban J connectivity index is 1.10. The van der Waals surface area contributed by atoms with E-state index in [1.54, 1.807) is 11.3 Å². The molecular weight excluding hydrogens is 679 g/mol. The first-order valence-corrected chi connectivity index (χ1v) is 18.9. The number of furan rings is 1. The van der Waals surface area contributed by atoms with Crippen LogP contribution in [0.3, 0.4) is 0 Å². The molecule has 0 aliphatic heterocycles. The van der Waals surface area contributed by atoms with Crippen molar-refractivity contribution in [3.05, 3.63) is 164 Å². The van der Waals surface area contributed by atoms with Crippen LogP contribution in [-0.2, 0) is 0 Å².